The molecule has 2 aliphatic heterocycles. The molecule has 0 amide bonds. The van der Waals surface area contributed by atoms with Crippen molar-refractivity contribution in [1.82, 2.24) is 0 Å². The molecule has 0 aromatic heterocycles. The Morgan fingerprint density at radius 1 is 1.00 bits per heavy atom. The van der Waals surface area contributed by atoms with E-state index in [4.69, 9.17) is 21.1 Å². The van der Waals surface area contributed by atoms with E-state index in [2.05, 4.69) is 6.07 Å². The fourth-order valence-corrected chi connectivity index (χ4v) is 2.86. The number of benzene rings is 1. The average molecular weight is 250 g/mol. The molecule has 0 aliphatic carbocycles. The number of hydrogen-bond acceptors (Lipinski definition) is 3. The molecule has 4 heteroatoms. The summed E-state index contributed by atoms with van der Waals surface area (Å²) >= 11 is 6.36. The highest BCUT2D eigenvalue weighted by Crippen LogP contribution is 2.45. The molecule has 0 N–H and O–H groups in total. The molecule has 0 spiro atoms. The van der Waals surface area contributed by atoms with Gasteiger partial charge < -0.3 is 9.47 Å². The van der Waals surface area contributed by atoms with Crippen molar-refractivity contribution in [3.05, 3.63) is 21.7 Å². The number of halogens is 1. The zero-order valence-electron chi connectivity index (χ0n) is 9.38. The van der Waals surface area contributed by atoms with Crippen molar-refractivity contribution in [3.63, 3.8) is 0 Å². The molecule has 3 rings (SSSR count). The highest BCUT2D eigenvalue weighted by atomic mass is 35.5. The number of ether oxygens (including phenoxy) is 2. The van der Waals surface area contributed by atoms with Crippen LogP contribution >= 0.6 is 11.6 Å². The summed E-state index contributed by atoms with van der Waals surface area (Å²) in [5, 5.41) is 9.96. The fourth-order valence-electron chi connectivity index (χ4n) is 2.51. The Bertz CT molecular complexity index is 482. The molecule has 0 saturated carbocycles. The van der Waals surface area contributed by atoms with Gasteiger partial charge in [0.25, 0.3) is 0 Å². The lowest BCUT2D eigenvalue weighted by molar-refractivity contribution is 0.272. The topological polar surface area (TPSA) is 42.2 Å². The van der Waals surface area contributed by atoms with Crippen molar-refractivity contribution in [2.24, 2.45) is 0 Å². The van der Waals surface area contributed by atoms with Crippen molar-refractivity contribution >= 4 is 11.6 Å². The zero-order chi connectivity index (χ0) is 11.8. The van der Waals surface area contributed by atoms with E-state index in [1.54, 1.807) is 0 Å². The minimum absolute atomic E-state index is 0.624. The summed E-state index contributed by atoms with van der Waals surface area (Å²) in [5.41, 5.74) is 2.48. The molecule has 0 saturated heterocycles. The summed E-state index contributed by atoms with van der Waals surface area (Å²) in [6.07, 6.45) is 3.57. The molecule has 0 radical (unpaired) electrons. The molecule has 3 nitrogen and oxygen atoms in total. The van der Waals surface area contributed by atoms with Gasteiger partial charge >= 0.3 is 0 Å². The Morgan fingerprint density at radius 3 is 2.35 bits per heavy atom. The van der Waals surface area contributed by atoms with Crippen LogP contribution in [0.1, 0.15) is 29.5 Å². The van der Waals surface area contributed by atoms with Gasteiger partial charge in [0.1, 0.15) is 23.1 Å². The summed E-state index contributed by atoms with van der Waals surface area (Å²) < 4.78 is 11.3. The minimum atomic E-state index is 0.624. The van der Waals surface area contributed by atoms with Crippen molar-refractivity contribution in [2.45, 2.75) is 25.7 Å². The Balaban J connectivity index is 2.30. The second-order valence-corrected chi connectivity index (χ2v) is 4.70. The third kappa shape index (κ3) is 1.56. The lowest BCUT2D eigenvalue weighted by Crippen LogP contribution is -2.16. The van der Waals surface area contributed by atoms with Gasteiger partial charge in [-0.1, -0.05) is 11.6 Å². The maximum absolute atomic E-state index is 9.31. The van der Waals surface area contributed by atoms with Gasteiger partial charge in [0.05, 0.1) is 18.2 Å². The maximum Gasteiger partial charge on any atom is 0.142 e. The summed E-state index contributed by atoms with van der Waals surface area (Å²) in [5.74, 6) is 1.40. The van der Waals surface area contributed by atoms with Gasteiger partial charge in [-0.3, -0.25) is 0 Å². The molecule has 0 bridgehead atoms. The Hall–Kier alpha value is -1.40. The Kier molecular flexibility index (Phi) is 2.60. The number of nitrogens with zero attached hydrogens (tertiary/aromatic N) is 1. The second-order valence-electron chi connectivity index (χ2n) is 4.32. The highest BCUT2D eigenvalue weighted by Gasteiger charge is 2.28. The number of rotatable bonds is 0. The Labute approximate surface area is 105 Å². The standard InChI is InChI=1S/C13H12ClNO2/c14-11-9-4-2-5-16-12(9)10(7-15)8-3-1-6-17-13(8)11/h1-6H2. The largest absolute Gasteiger partial charge is 0.492 e. The van der Waals surface area contributed by atoms with E-state index in [0.717, 1.165) is 36.8 Å². The molecule has 0 atom stereocenters. The molecule has 1 aromatic rings. The van der Waals surface area contributed by atoms with E-state index < -0.39 is 0 Å². The van der Waals surface area contributed by atoms with Crippen LogP contribution in [0.15, 0.2) is 0 Å². The first kappa shape index (κ1) is 10.7. The monoisotopic (exact) mass is 249 g/mol. The van der Waals surface area contributed by atoms with E-state index in [0.29, 0.717) is 35.3 Å². The third-order valence-electron chi connectivity index (χ3n) is 3.29. The molecule has 0 unspecified atom stereocenters. The average Bonchev–Trinajstić information content (AvgIpc) is 2.40. The summed E-state index contributed by atoms with van der Waals surface area (Å²) in [7, 11) is 0. The number of hydrogen-bond donors (Lipinski definition) is 0. The first-order chi connectivity index (χ1) is 8.33. The quantitative estimate of drug-likeness (QED) is 0.710. The van der Waals surface area contributed by atoms with Gasteiger partial charge in [0.2, 0.25) is 0 Å². The van der Waals surface area contributed by atoms with E-state index in [9.17, 15) is 5.26 Å². The van der Waals surface area contributed by atoms with Crippen LogP contribution in [0.4, 0.5) is 0 Å². The first-order valence-corrected chi connectivity index (χ1v) is 6.23. The summed E-state index contributed by atoms with van der Waals surface area (Å²) in [6.45, 7) is 1.34. The van der Waals surface area contributed by atoms with Gasteiger partial charge in [-0.25, -0.2) is 0 Å². The van der Waals surface area contributed by atoms with Gasteiger partial charge in [-0.2, -0.15) is 5.26 Å². The van der Waals surface area contributed by atoms with Gasteiger partial charge in [0, 0.05) is 11.1 Å². The third-order valence-corrected chi connectivity index (χ3v) is 3.69. The SMILES string of the molecule is N#Cc1c2c(c(Cl)c3c1OCCC3)OCCC2. The van der Waals surface area contributed by atoms with Crippen LogP contribution in [0.3, 0.4) is 0 Å². The molecular formula is C13H12ClNO2. The van der Waals surface area contributed by atoms with Crippen LogP contribution in [0.25, 0.3) is 0 Å². The second kappa shape index (κ2) is 4.12. The highest BCUT2D eigenvalue weighted by molar-refractivity contribution is 6.33. The molecule has 0 fully saturated rings. The lowest BCUT2D eigenvalue weighted by atomic mass is 9.93. The smallest absolute Gasteiger partial charge is 0.142 e. The van der Waals surface area contributed by atoms with E-state index in [-0.39, 0.29) is 0 Å². The van der Waals surface area contributed by atoms with E-state index in [1.165, 1.54) is 0 Å². The van der Waals surface area contributed by atoms with Crippen molar-refractivity contribution in [3.8, 4) is 17.6 Å². The molecule has 2 aliphatic rings. The van der Waals surface area contributed by atoms with Gasteiger partial charge in [0.15, 0.2) is 0 Å². The van der Waals surface area contributed by atoms with E-state index >= 15 is 0 Å². The first-order valence-electron chi connectivity index (χ1n) is 5.86. The van der Waals surface area contributed by atoms with Crippen LogP contribution in [0.5, 0.6) is 11.5 Å². The minimum Gasteiger partial charge on any atom is -0.492 e. The van der Waals surface area contributed by atoms with E-state index in [1.807, 2.05) is 0 Å². The summed E-state index contributed by atoms with van der Waals surface area (Å²) in [4.78, 5) is 0. The molecule has 2 heterocycles. The maximum atomic E-state index is 9.31. The number of nitriles is 1. The van der Waals surface area contributed by atoms with Crippen LogP contribution < -0.4 is 9.47 Å². The normalized spacial score (nSPS) is 17.2. The Morgan fingerprint density at radius 2 is 1.65 bits per heavy atom. The van der Waals surface area contributed by atoms with Crippen LogP contribution in [-0.2, 0) is 12.8 Å². The van der Waals surface area contributed by atoms with Crippen LogP contribution in [0.2, 0.25) is 5.02 Å². The molecule has 17 heavy (non-hydrogen) atoms. The molecule has 88 valence electrons. The predicted octanol–water partition coefficient (Wildman–Crippen LogP) is 2.86. The molecular weight excluding hydrogens is 238 g/mol. The fraction of sp³-hybridized carbons (Fsp3) is 0.462. The van der Waals surface area contributed by atoms with Crippen LogP contribution in [-0.4, -0.2) is 13.2 Å². The van der Waals surface area contributed by atoms with Crippen molar-refractivity contribution < 1.29 is 9.47 Å². The van der Waals surface area contributed by atoms with Gasteiger partial charge in [-0.15, -0.1) is 0 Å². The zero-order valence-corrected chi connectivity index (χ0v) is 10.1. The van der Waals surface area contributed by atoms with Gasteiger partial charge in [-0.05, 0) is 25.7 Å². The number of fused-ring (bicyclic) bond motifs is 2. The predicted molar refractivity (Wildman–Crippen MR) is 63.8 cm³/mol. The van der Waals surface area contributed by atoms with Crippen molar-refractivity contribution in [2.75, 3.05) is 13.2 Å². The lowest BCUT2D eigenvalue weighted by Gasteiger charge is -2.26. The van der Waals surface area contributed by atoms with Crippen LogP contribution in [0, 0.1) is 11.3 Å². The summed E-state index contributed by atoms with van der Waals surface area (Å²) in [6, 6.07) is 2.25. The van der Waals surface area contributed by atoms with Crippen molar-refractivity contribution in [1.29, 1.82) is 5.26 Å². The molecule has 1 aromatic carbocycles.